The Morgan fingerprint density at radius 1 is 1.26 bits per heavy atom. The molecule has 2 aromatic heterocycles. The first kappa shape index (κ1) is 11.1. The lowest BCUT2D eigenvalue weighted by atomic mass is 9.87. The molecule has 2 aromatic rings. The van der Waals surface area contributed by atoms with Gasteiger partial charge >= 0.3 is 0 Å². The third-order valence-corrected chi connectivity index (χ3v) is 4.38. The van der Waals surface area contributed by atoms with Crippen LogP contribution < -0.4 is 5.32 Å². The van der Waals surface area contributed by atoms with E-state index in [0.717, 1.165) is 12.8 Å². The van der Waals surface area contributed by atoms with E-state index in [1.165, 1.54) is 12.8 Å². The molecule has 4 rings (SSSR count). The molecule has 5 nitrogen and oxygen atoms in total. The number of piperidine rings is 1. The number of ketones is 1. The van der Waals surface area contributed by atoms with Crippen LogP contribution in [0.15, 0.2) is 24.7 Å². The number of imidazole rings is 1. The lowest BCUT2D eigenvalue weighted by Crippen LogP contribution is -2.40. The van der Waals surface area contributed by atoms with Gasteiger partial charge in [0.05, 0.1) is 6.20 Å². The van der Waals surface area contributed by atoms with Crippen molar-refractivity contribution in [3.63, 3.8) is 0 Å². The summed E-state index contributed by atoms with van der Waals surface area (Å²) in [5, 5.41) is 3.57. The molecule has 2 aliphatic heterocycles. The van der Waals surface area contributed by atoms with Gasteiger partial charge in [0.25, 0.3) is 0 Å². The van der Waals surface area contributed by atoms with Crippen molar-refractivity contribution in [1.82, 2.24) is 19.7 Å². The highest BCUT2D eigenvalue weighted by molar-refractivity contribution is 5.97. The summed E-state index contributed by atoms with van der Waals surface area (Å²) in [4.78, 5) is 21.0. The van der Waals surface area contributed by atoms with Crippen LogP contribution in [0.2, 0.25) is 0 Å². The fraction of sp³-hybridized carbons (Fsp3) is 0.500. The van der Waals surface area contributed by atoms with Gasteiger partial charge in [0.15, 0.2) is 5.78 Å². The molecule has 2 saturated heterocycles. The number of Topliss-reactive ketones (excluding diaryl/α,β-unsaturated/α-hetero) is 1. The Morgan fingerprint density at radius 2 is 2.05 bits per heavy atom. The predicted octanol–water partition coefficient (Wildman–Crippen LogP) is 1.44. The minimum Gasteiger partial charge on any atom is -0.311 e. The van der Waals surface area contributed by atoms with Crippen molar-refractivity contribution >= 4 is 11.6 Å². The second kappa shape index (κ2) is 4.13. The number of hydrogen-bond donors (Lipinski definition) is 1. The molecule has 0 saturated carbocycles. The molecule has 2 aliphatic rings. The summed E-state index contributed by atoms with van der Waals surface area (Å²) in [6.07, 6.45) is 9.56. The highest BCUT2D eigenvalue weighted by Crippen LogP contribution is 2.32. The summed E-state index contributed by atoms with van der Waals surface area (Å²) in [6, 6.07) is 2.90. The molecule has 2 fully saturated rings. The van der Waals surface area contributed by atoms with Crippen molar-refractivity contribution in [3.05, 3.63) is 30.4 Å². The van der Waals surface area contributed by atoms with Gasteiger partial charge in [-0.1, -0.05) is 0 Å². The summed E-state index contributed by atoms with van der Waals surface area (Å²) in [7, 11) is 0. The number of hydrogen-bond acceptors (Lipinski definition) is 4. The fourth-order valence-electron chi connectivity index (χ4n) is 3.49. The summed E-state index contributed by atoms with van der Waals surface area (Å²) in [5.41, 5.74) is 0.675. The lowest BCUT2D eigenvalue weighted by Gasteiger charge is -2.27. The van der Waals surface area contributed by atoms with Crippen LogP contribution in [0.4, 0.5) is 0 Å². The molecule has 0 aromatic carbocycles. The molecule has 5 heteroatoms. The Hall–Kier alpha value is -1.75. The molecule has 2 atom stereocenters. The standard InChI is InChI=1S/C14H16N4O/c19-13(9-6-10-2-3-11(7-9)17-10)12-8-16-14-15-4-1-5-18(12)14/h1,4-5,8-11,17H,2-3,6-7H2. The van der Waals surface area contributed by atoms with E-state index in [1.807, 2.05) is 12.3 Å². The van der Waals surface area contributed by atoms with Gasteiger partial charge in [-0.2, -0.15) is 0 Å². The maximum atomic E-state index is 12.7. The van der Waals surface area contributed by atoms with Crippen molar-refractivity contribution in [2.75, 3.05) is 0 Å². The largest absolute Gasteiger partial charge is 0.311 e. The van der Waals surface area contributed by atoms with E-state index >= 15 is 0 Å². The molecule has 0 spiro atoms. The first-order chi connectivity index (χ1) is 9.31. The molecule has 0 radical (unpaired) electrons. The molecule has 0 amide bonds. The highest BCUT2D eigenvalue weighted by Gasteiger charge is 2.37. The number of aromatic nitrogens is 3. The van der Waals surface area contributed by atoms with Gasteiger partial charge in [-0.15, -0.1) is 0 Å². The van der Waals surface area contributed by atoms with E-state index in [-0.39, 0.29) is 11.7 Å². The zero-order chi connectivity index (χ0) is 12.8. The minimum absolute atomic E-state index is 0.138. The minimum atomic E-state index is 0.138. The molecule has 98 valence electrons. The van der Waals surface area contributed by atoms with E-state index in [4.69, 9.17) is 0 Å². The van der Waals surface area contributed by atoms with Crippen LogP contribution in [-0.2, 0) is 0 Å². The summed E-state index contributed by atoms with van der Waals surface area (Å²) < 4.78 is 1.80. The SMILES string of the molecule is O=C(c1cnc2ncccn12)C1CC2CCC(C1)N2. The Kier molecular flexibility index (Phi) is 2.41. The quantitative estimate of drug-likeness (QED) is 0.826. The van der Waals surface area contributed by atoms with Gasteiger partial charge in [-0.05, 0) is 31.7 Å². The molecule has 2 bridgehead atoms. The van der Waals surface area contributed by atoms with Crippen LogP contribution >= 0.6 is 0 Å². The van der Waals surface area contributed by atoms with Crippen LogP contribution in [0.25, 0.3) is 5.78 Å². The zero-order valence-corrected chi connectivity index (χ0v) is 10.6. The average Bonchev–Trinajstić information content (AvgIpc) is 3.01. The van der Waals surface area contributed by atoms with Gasteiger partial charge in [0.1, 0.15) is 5.69 Å². The first-order valence-corrected chi connectivity index (χ1v) is 6.89. The molecule has 1 N–H and O–H groups in total. The molecular formula is C14H16N4O. The van der Waals surface area contributed by atoms with Gasteiger partial charge in [0, 0.05) is 30.4 Å². The fourth-order valence-corrected chi connectivity index (χ4v) is 3.49. The van der Waals surface area contributed by atoms with E-state index < -0.39 is 0 Å². The topological polar surface area (TPSA) is 59.3 Å². The normalized spacial score (nSPS) is 29.8. The van der Waals surface area contributed by atoms with Crippen molar-refractivity contribution in [3.8, 4) is 0 Å². The van der Waals surface area contributed by atoms with Crippen LogP contribution in [0.3, 0.4) is 0 Å². The van der Waals surface area contributed by atoms with Crippen LogP contribution in [0.5, 0.6) is 0 Å². The third-order valence-electron chi connectivity index (χ3n) is 4.38. The second-order valence-corrected chi connectivity index (χ2v) is 5.60. The number of rotatable bonds is 2. The van der Waals surface area contributed by atoms with Gasteiger partial charge in [0.2, 0.25) is 5.78 Å². The number of carbonyl (C=O) groups is 1. The number of fused-ring (bicyclic) bond motifs is 3. The number of nitrogens with zero attached hydrogens (tertiary/aromatic N) is 3. The van der Waals surface area contributed by atoms with E-state index in [1.54, 1.807) is 16.8 Å². The van der Waals surface area contributed by atoms with Gasteiger partial charge < -0.3 is 5.32 Å². The van der Waals surface area contributed by atoms with Gasteiger partial charge in [-0.25, -0.2) is 9.97 Å². The molecule has 19 heavy (non-hydrogen) atoms. The maximum absolute atomic E-state index is 12.7. The average molecular weight is 256 g/mol. The highest BCUT2D eigenvalue weighted by atomic mass is 16.1. The maximum Gasteiger partial charge on any atom is 0.234 e. The van der Waals surface area contributed by atoms with Crippen LogP contribution in [-0.4, -0.2) is 32.2 Å². The monoisotopic (exact) mass is 256 g/mol. The summed E-state index contributed by atoms with van der Waals surface area (Å²) in [5.74, 6) is 0.959. The lowest BCUT2D eigenvalue weighted by molar-refractivity contribution is 0.0869. The molecule has 4 heterocycles. The third kappa shape index (κ3) is 1.76. The van der Waals surface area contributed by atoms with Crippen molar-refractivity contribution in [2.24, 2.45) is 5.92 Å². The van der Waals surface area contributed by atoms with Crippen molar-refractivity contribution in [2.45, 2.75) is 37.8 Å². The van der Waals surface area contributed by atoms with Gasteiger partial charge in [-0.3, -0.25) is 9.20 Å². The molecular weight excluding hydrogens is 240 g/mol. The number of nitrogens with one attached hydrogen (secondary N) is 1. The molecule has 0 aliphatic carbocycles. The smallest absolute Gasteiger partial charge is 0.234 e. The Bertz CT molecular complexity index is 623. The van der Waals surface area contributed by atoms with Crippen molar-refractivity contribution in [1.29, 1.82) is 0 Å². The predicted molar refractivity (Wildman–Crippen MR) is 70.0 cm³/mol. The summed E-state index contributed by atoms with van der Waals surface area (Å²) in [6.45, 7) is 0. The van der Waals surface area contributed by atoms with E-state index in [2.05, 4.69) is 15.3 Å². The van der Waals surface area contributed by atoms with E-state index in [0.29, 0.717) is 23.6 Å². The van der Waals surface area contributed by atoms with Crippen LogP contribution in [0, 0.1) is 5.92 Å². The Morgan fingerprint density at radius 3 is 2.84 bits per heavy atom. The summed E-state index contributed by atoms with van der Waals surface area (Å²) >= 11 is 0. The first-order valence-electron chi connectivity index (χ1n) is 6.89. The van der Waals surface area contributed by atoms with Crippen molar-refractivity contribution < 1.29 is 4.79 Å². The zero-order valence-electron chi connectivity index (χ0n) is 10.6. The number of carbonyl (C=O) groups excluding carboxylic acids is 1. The van der Waals surface area contributed by atoms with Crippen LogP contribution in [0.1, 0.15) is 36.2 Å². The van der Waals surface area contributed by atoms with E-state index in [9.17, 15) is 4.79 Å². The second-order valence-electron chi connectivity index (χ2n) is 5.60. The molecule has 2 unspecified atom stereocenters. The Labute approximate surface area is 111 Å². The Balaban J connectivity index is 1.67.